The Morgan fingerprint density at radius 2 is 1.77 bits per heavy atom. The number of hydrogen-bond donors (Lipinski definition) is 2. The van der Waals surface area contributed by atoms with Gasteiger partial charge in [0, 0.05) is 28.8 Å². The zero-order valence-electron chi connectivity index (χ0n) is 20.6. The highest BCUT2D eigenvalue weighted by Crippen LogP contribution is 2.48. The lowest BCUT2D eigenvalue weighted by molar-refractivity contribution is -0.121. The molecule has 0 radical (unpaired) electrons. The normalized spacial score (nSPS) is 22.1. The summed E-state index contributed by atoms with van der Waals surface area (Å²) in [7, 11) is 0. The highest BCUT2D eigenvalue weighted by atomic mass is 35.5. The van der Waals surface area contributed by atoms with Gasteiger partial charge in [0.15, 0.2) is 5.78 Å². The lowest BCUT2D eigenvalue weighted by Gasteiger charge is -2.38. The second-order valence-electron chi connectivity index (χ2n) is 11.0. The number of allylic oxidation sites excluding steroid dienone is 1. The molecule has 0 aromatic heterocycles. The van der Waals surface area contributed by atoms with E-state index in [-0.39, 0.29) is 35.7 Å². The number of carbonyl (C=O) groups is 2. The van der Waals surface area contributed by atoms with Crippen molar-refractivity contribution in [2.75, 3.05) is 16.8 Å². The van der Waals surface area contributed by atoms with Crippen LogP contribution >= 0.6 is 11.6 Å². The Bertz CT molecular complexity index is 1150. The van der Waals surface area contributed by atoms with E-state index in [4.69, 9.17) is 11.6 Å². The molecule has 35 heavy (non-hydrogen) atoms. The summed E-state index contributed by atoms with van der Waals surface area (Å²) in [4.78, 5) is 29.2. The molecule has 0 bridgehead atoms. The maximum Gasteiger partial charge on any atom is 0.239 e. The van der Waals surface area contributed by atoms with E-state index in [9.17, 15) is 9.59 Å². The number of Topliss-reactive ketones (excluding diaryl/α,β-unsaturated/α-hetero) is 1. The number of amides is 1. The number of fused-ring (bicyclic) bond motifs is 1. The van der Waals surface area contributed by atoms with Gasteiger partial charge in [0.1, 0.15) is 0 Å². The number of nitrogens with one attached hydrogen (secondary N) is 2. The topological polar surface area (TPSA) is 61.4 Å². The van der Waals surface area contributed by atoms with Crippen molar-refractivity contribution < 1.29 is 9.59 Å². The molecular weight excluding hydrogens is 458 g/mol. The standard InChI is InChI=1S/C29H34ClN3O2/c1-29(2)16-23-27(25(34)17-29)28(19-12-14-20(30)15-13-19)33(24-11-7-6-10-22(24)32-23)18-26(35)31-21-8-4-3-5-9-21/h6-7,10-15,21,28,32H,3-5,8-9,16-18H2,1-2H3,(H,31,35). The predicted octanol–water partition coefficient (Wildman–Crippen LogP) is 6.41. The van der Waals surface area contributed by atoms with Gasteiger partial charge >= 0.3 is 0 Å². The van der Waals surface area contributed by atoms with Crippen LogP contribution in [0.1, 0.15) is 70.4 Å². The summed E-state index contributed by atoms with van der Waals surface area (Å²) in [5, 5.41) is 7.52. The van der Waals surface area contributed by atoms with E-state index in [2.05, 4.69) is 29.4 Å². The van der Waals surface area contributed by atoms with Crippen molar-refractivity contribution in [3.05, 3.63) is 70.4 Å². The molecule has 1 heterocycles. The van der Waals surface area contributed by atoms with Crippen LogP contribution < -0.4 is 15.5 Å². The van der Waals surface area contributed by atoms with Crippen LogP contribution in [0.3, 0.4) is 0 Å². The van der Waals surface area contributed by atoms with Crippen LogP contribution in [0.15, 0.2) is 59.8 Å². The summed E-state index contributed by atoms with van der Waals surface area (Å²) in [5.41, 5.74) is 4.38. The number of halogens is 1. The average Bonchev–Trinajstić information content (AvgIpc) is 2.94. The summed E-state index contributed by atoms with van der Waals surface area (Å²) in [5.74, 6) is 0.132. The minimum Gasteiger partial charge on any atom is -0.357 e. The quantitative estimate of drug-likeness (QED) is 0.519. The van der Waals surface area contributed by atoms with Crippen molar-refractivity contribution in [3.63, 3.8) is 0 Å². The summed E-state index contributed by atoms with van der Waals surface area (Å²) < 4.78 is 0. The minimum absolute atomic E-state index is 0.00157. The fraction of sp³-hybridized carbons (Fsp3) is 0.448. The van der Waals surface area contributed by atoms with Crippen molar-refractivity contribution in [1.82, 2.24) is 5.32 Å². The van der Waals surface area contributed by atoms with Gasteiger partial charge in [-0.15, -0.1) is 0 Å². The minimum atomic E-state index is -0.376. The van der Waals surface area contributed by atoms with Gasteiger partial charge in [-0.05, 0) is 54.5 Å². The van der Waals surface area contributed by atoms with Crippen LogP contribution in [0.25, 0.3) is 0 Å². The lowest BCUT2D eigenvalue weighted by atomic mass is 9.73. The second-order valence-corrected chi connectivity index (χ2v) is 11.4. The fourth-order valence-electron chi connectivity index (χ4n) is 5.89. The predicted molar refractivity (Wildman–Crippen MR) is 142 cm³/mol. The first-order valence-electron chi connectivity index (χ1n) is 12.7. The summed E-state index contributed by atoms with van der Waals surface area (Å²) in [6, 6.07) is 15.6. The molecule has 0 saturated heterocycles. The van der Waals surface area contributed by atoms with Crippen LogP contribution in [0.5, 0.6) is 0 Å². The third-order valence-electron chi connectivity index (χ3n) is 7.47. The Labute approximate surface area is 212 Å². The first-order chi connectivity index (χ1) is 16.8. The van der Waals surface area contributed by atoms with Crippen LogP contribution in [0.2, 0.25) is 5.02 Å². The van der Waals surface area contributed by atoms with Crippen molar-refractivity contribution in [3.8, 4) is 0 Å². The van der Waals surface area contributed by atoms with Gasteiger partial charge in [-0.1, -0.05) is 69.0 Å². The van der Waals surface area contributed by atoms with Gasteiger partial charge in [-0.25, -0.2) is 0 Å². The van der Waals surface area contributed by atoms with Crippen LogP contribution in [-0.2, 0) is 9.59 Å². The smallest absolute Gasteiger partial charge is 0.239 e. The fourth-order valence-corrected chi connectivity index (χ4v) is 6.02. The van der Waals surface area contributed by atoms with E-state index in [1.807, 2.05) is 48.5 Å². The molecule has 2 aromatic carbocycles. The Hall–Kier alpha value is -2.79. The molecule has 1 fully saturated rings. The molecule has 0 spiro atoms. The van der Waals surface area contributed by atoms with Crippen molar-refractivity contribution in [2.24, 2.45) is 5.41 Å². The van der Waals surface area contributed by atoms with E-state index in [1.165, 1.54) is 6.42 Å². The molecule has 1 amide bonds. The molecule has 2 aliphatic carbocycles. The number of rotatable bonds is 4. The monoisotopic (exact) mass is 491 g/mol. The van der Waals surface area contributed by atoms with Gasteiger partial charge in [0.25, 0.3) is 0 Å². The first kappa shape index (κ1) is 23.9. The van der Waals surface area contributed by atoms with E-state index in [0.717, 1.165) is 60.3 Å². The maximum atomic E-state index is 13.7. The van der Waals surface area contributed by atoms with Crippen LogP contribution in [0, 0.1) is 5.41 Å². The molecule has 2 aromatic rings. The number of anilines is 2. The molecule has 1 saturated carbocycles. The molecule has 3 aliphatic rings. The van der Waals surface area contributed by atoms with Crippen LogP contribution in [0.4, 0.5) is 11.4 Å². The SMILES string of the molecule is CC1(C)CC(=O)C2=C(C1)Nc1ccccc1N(CC(=O)NC1CCCCC1)C2c1ccc(Cl)cc1. The Balaban J connectivity index is 1.60. The third kappa shape index (κ3) is 5.11. The Kier molecular flexibility index (Phi) is 6.63. The van der Waals surface area contributed by atoms with E-state index < -0.39 is 0 Å². The molecule has 2 N–H and O–H groups in total. The highest BCUT2D eigenvalue weighted by molar-refractivity contribution is 6.30. The zero-order valence-corrected chi connectivity index (χ0v) is 21.3. The second kappa shape index (κ2) is 9.69. The van der Waals surface area contributed by atoms with Gasteiger partial charge in [0.2, 0.25) is 5.91 Å². The number of nitrogens with zero attached hydrogens (tertiary/aromatic N) is 1. The van der Waals surface area contributed by atoms with Gasteiger partial charge < -0.3 is 15.5 Å². The number of ketones is 1. The third-order valence-corrected chi connectivity index (χ3v) is 7.73. The molecular formula is C29H34ClN3O2. The number of para-hydroxylation sites is 2. The number of carbonyl (C=O) groups excluding carboxylic acids is 2. The Morgan fingerprint density at radius 1 is 1.06 bits per heavy atom. The molecule has 5 nitrogen and oxygen atoms in total. The maximum absolute atomic E-state index is 13.7. The van der Waals surface area contributed by atoms with E-state index in [1.54, 1.807) is 0 Å². The van der Waals surface area contributed by atoms with Gasteiger partial charge in [-0.3, -0.25) is 9.59 Å². The number of benzene rings is 2. The molecule has 1 unspecified atom stereocenters. The molecule has 6 heteroatoms. The van der Waals surface area contributed by atoms with E-state index >= 15 is 0 Å². The molecule has 1 aliphatic heterocycles. The molecule has 1 atom stereocenters. The van der Waals surface area contributed by atoms with Crippen molar-refractivity contribution in [1.29, 1.82) is 0 Å². The first-order valence-corrected chi connectivity index (χ1v) is 13.1. The average molecular weight is 492 g/mol. The highest BCUT2D eigenvalue weighted by Gasteiger charge is 2.42. The van der Waals surface area contributed by atoms with Crippen LogP contribution in [-0.4, -0.2) is 24.3 Å². The van der Waals surface area contributed by atoms with Crippen molar-refractivity contribution in [2.45, 2.75) is 70.9 Å². The summed E-state index contributed by atoms with van der Waals surface area (Å²) >= 11 is 6.23. The lowest BCUT2D eigenvalue weighted by Crippen LogP contribution is -2.45. The van der Waals surface area contributed by atoms with E-state index in [0.29, 0.717) is 11.4 Å². The number of hydrogen-bond acceptors (Lipinski definition) is 4. The van der Waals surface area contributed by atoms with Crippen molar-refractivity contribution >= 4 is 34.7 Å². The summed E-state index contributed by atoms with van der Waals surface area (Å²) in [6.07, 6.45) is 6.89. The van der Waals surface area contributed by atoms with Gasteiger partial charge in [0.05, 0.1) is 24.0 Å². The molecule has 5 rings (SSSR count). The Morgan fingerprint density at radius 3 is 2.51 bits per heavy atom. The molecule has 184 valence electrons. The van der Waals surface area contributed by atoms with Gasteiger partial charge in [-0.2, -0.15) is 0 Å². The summed E-state index contributed by atoms with van der Waals surface area (Å²) in [6.45, 7) is 4.45. The largest absolute Gasteiger partial charge is 0.357 e. The zero-order chi connectivity index (χ0) is 24.6.